The van der Waals surface area contributed by atoms with Crippen LogP contribution < -0.4 is 5.32 Å². The molecule has 3 amide bonds. The lowest BCUT2D eigenvalue weighted by Crippen LogP contribution is -2.40. The van der Waals surface area contributed by atoms with Crippen LogP contribution in [-0.2, 0) is 19.2 Å². The highest BCUT2D eigenvalue weighted by molar-refractivity contribution is 6.33. The maximum atomic E-state index is 11.9. The maximum absolute atomic E-state index is 11.9. The second-order valence-corrected chi connectivity index (χ2v) is 4.08. The van der Waals surface area contributed by atoms with Crippen molar-refractivity contribution in [2.45, 2.75) is 0 Å². The van der Waals surface area contributed by atoms with Crippen molar-refractivity contribution in [3.63, 3.8) is 0 Å². The number of hydroxylamine groups is 2. The molecule has 1 aliphatic rings. The van der Waals surface area contributed by atoms with Crippen LogP contribution in [0.15, 0.2) is 24.3 Å². The minimum Gasteiger partial charge on any atom is -0.383 e. The van der Waals surface area contributed by atoms with Gasteiger partial charge < -0.3 is 14.9 Å². The Hall–Kier alpha value is -2.74. The highest BCUT2D eigenvalue weighted by Crippen LogP contribution is 2.22. The third-order valence-electron chi connectivity index (χ3n) is 2.71. The summed E-state index contributed by atoms with van der Waals surface area (Å²) in [7, 11) is 1.43. The Morgan fingerprint density at radius 2 is 1.71 bits per heavy atom. The van der Waals surface area contributed by atoms with Crippen molar-refractivity contribution < 1.29 is 28.8 Å². The Balaban J connectivity index is 2.01. The van der Waals surface area contributed by atoms with Crippen LogP contribution in [0.4, 0.5) is 0 Å². The average Bonchev–Trinajstić information content (AvgIpc) is 2.73. The van der Waals surface area contributed by atoms with Crippen LogP contribution in [0.1, 0.15) is 20.7 Å². The number of imide groups is 1. The molecule has 110 valence electrons. The van der Waals surface area contributed by atoms with Crippen molar-refractivity contribution in [2.75, 3.05) is 20.3 Å². The molecule has 8 heteroatoms. The number of amides is 3. The van der Waals surface area contributed by atoms with E-state index in [-0.39, 0.29) is 29.3 Å². The van der Waals surface area contributed by atoms with E-state index in [4.69, 9.17) is 4.74 Å². The molecule has 1 aliphatic heterocycles. The Kier molecular flexibility index (Phi) is 4.29. The molecule has 8 nitrogen and oxygen atoms in total. The van der Waals surface area contributed by atoms with Gasteiger partial charge in [-0.3, -0.25) is 14.4 Å². The molecule has 1 heterocycles. The SMILES string of the molecule is COCCNC(=O)C(=O)ON1C(=O)c2ccccc2C1=O. The van der Waals surface area contributed by atoms with Gasteiger partial charge in [0.05, 0.1) is 17.7 Å². The van der Waals surface area contributed by atoms with Gasteiger partial charge in [0, 0.05) is 13.7 Å². The fourth-order valence-electron chi connectivity index (χ4n) is 1.71. The molecule has 0 saturated heterocycles. The zero-order chi connectivity index (χ0) is 15.4. The average molecular weight is 292 g/mol. The van der Waals surface area contributed by atoms with Crippen LogP contribution in [0.5, 0.6) is 0 Å². The molecule has 0 atom stereocenters. The van der Waals surface area contributed by atoms with Crippen molar-refractivity contribution in [1.29, 1.82) is 0 Å². The van der Waals surface area contributed by atoms with Gasteiger partial charge in [0.25, 0.3) is 11.8 Å². The van der Waals surface area contributed by atoms with Crippen LogP contribution >= 0.6 is 0 Å². The molecular formula is C13H12N2O6. The number of carbonyl (C=O) groups excluding carboxylic acids is 4. The molecule has 0 aromatic heterocycles. The first-order valence-corrected chi connectivity index (χ1v) is 6.03. The first-order chi connectivity index (χ1) is 10.1. The Bertz CT molecular complexity index is 577. The first kappa shape index (κ1) is 14.7. The van der Waals surface area contributed by atoms with E-state index >= 15 is 0 Å². The summed E-state index contributed by atoms with van der Waals surface area (Å²) in [5.74, 6) is -3.98. The van der Waals surface area contributed by atoms with Crippen LogP contribution in [0.25, 0.3) is 0 Å². The Morgan fingerprint density at radius 3 is 2.24 bits per heavy atom. The number of rotatable bonds is 4. The summed E-state index contributed by atoms with van der Waals surface area (Å²) in [5, 5.41) is 2.50. The van der Waals surface area contributed by atoms with Crippen molar-refractivity contribution in [2.24, 2.45) is 0 Å². The lowest BCUT2D eigenvalue weighted by Gasteiger charge is -2.12. The number of hydrogen-bond acceptors (Lipinski definition) is 6. The van der Waals surface area contributed by atoms with Gasteiger partial charge in [0.1, 0.15) is 0 Å². The summed E-state index contributed by atoms with van der Waals surface area (Å²) < 4.78 is 4.70. The zero-order valence-electron chi connectivity index (χ0n) is 11.1. The van der Waals surface area contributed by atoms with Crippen molar-refractivity contribution >= 4 is 23.7 Å². The van der Waals surface area contributed by atoms with Crippen molar-refractivity contribution in [1.82, 2.24) is 10.4 Å². The quantitative estimate of drug-likeness (QED) is 0.456. The summed E-state index contributed by atoms with van der Waals surface area (Å²) in [6.45, 7) is 0.318. The number of nitrogens with zero attached hydrogens (tertiary/aromatic N) is 1. The molecule has 0 spiro atoms. The number of fused-ring (bicyclic) bond motifs is 1. The normalized spacial score (nSPS) is 13.1. The molecular weight excluding hydrogens is 280 g/mol. The third kappa shape index (κ3) is 2.90. The third-order valence-corrected chi connectivity index (χ3v) is 2.71. The molecule has 0 unspecified atom stereocenters. The predicted molar refractivity (Wildman–Crippen MR) is 67.9 cm³/mol. The standard InChI is InChI=1S/C13H12N2O6/c1-20-7-6-14-10(16)13(19)21-15-11(17)8-4-2-3-5-9(8)12(15)18/h2-5H,6-7H2,1H3,(H,14,16). The van der Waals surface area contributed by atoms with Crippen LogP contribution in [0.2, 0.25) is 0 Å². The van der Waals surface area contributed by atoms with Crippen LogP contribution in [-0.4, -0.2) is 49.0 Å². The predicted octanol–water partition coefficient (Wildman–Crippen LogP) is -0.497. The minimum atomic E-state index is -1.35. The topological polar surface area (TPSA) is 102 Å². The second kappa shape index (κ2) is 6.14. The number of nitrogens with one attached hydrogen (secondary N) is 1. The fraction of sp³-hybridized carbons (Fsp3) is 0.231. The van der Waals surface area contributed by atoms with E-state index in [2.05, 4.69) is 10.2 Å². The number of carbonyl (C=O) groups is 4. The van der Waals surface area contributed by atoms with Crippen LogP contribution in [0, 0.1) is 0 Å². The molecule has 0 aliphatic carbocycles. The second-order valence-electron chi connectivity index (χ2n) is 4.08. The van der Waals surface area contributed by atoms with E-state index in [1.54, 1.807) is 12.1 Å². The fourth-order valence-corrected chi connectivity index (χ4v) is 1.71. The van der Waals surface area contributed by atoms with Crippen molar-refractivity contribution in [3.05, 3.63) is 35.4 Å². The summed E-state index contributed by atoms with van der Waals surface area (Å²) in [6, 6.07) is 6.02. The van der Waals surface area contributed by atoms with Gasteiger partial charge in [-0.05, 0) is 12.1 Å². The lowest BCUT2D eigenvalue weighted by molar-refractivity contribution is -0.173. The lowest BCUT2D eigenvalue weighted by atomic mass is 10.1. The van der Waals surface area contributed by atoms with Crippen LogP contribution in [0.3, 0.4) is 0 Å². The highest BCUT2D eigenvalue weighted by atomic mass is 16.7. The van der Waals surface area contributed by atoms with Gasteiger partial charge in [-0.15, -0.1) is 0 Å². The van der Waals surface area contributed by atoms with Gasteiger partial charge in [0.15, 0.2) is 0 Å². The molecule has 2 rings (SSSR count). The van der Waals surface area contributed by atoms with Gasteiger partial charge in [-0.25, -0.2) is 4.79 Å². The summed E-state index contributed by atoms with van der Waals surface area (Å²) in [4.78, 5) is 51.3. The molecule has 1 aromatic rings. The number of ether oxygens (including phenoxy) is 1. The summed E-state index contributed by atoms with van der Waals surface area (Å²) >= 11 is 0. The Morgan fingerprint density at radius 1 is 1.14 bits per heavy atom. The first-order valence-electron chi connectivity index (χ1n) is 6.03. The van der Waals surface area contributed by atoms with Crippen molar-refractivity contribution in [3.8, 4) is 0 Å². The van der Waals surface area contributed by atoms with E-state index in [9.17, 15) is 19.2 Å². The highest BCUT2D eigenvalue weighted by Gasteiger charge is 2.39. The monoisotopic (exact) mass is 292 g/mol. The van der Waals surface area contributed by atoms with E-state index in [0.717, 1.165) is 0 Å². The van der Waals surface area contributed by atoms with Gasteiger partial charge >= 0.3 is 11.9 Å². The molecule has 21 heavy (non-hydrogen) atoms. The number of methoxy groups -OCH3 is 1. The molecule has 0 saturated carbocycles. The summed E-state index contributed by atoms with van der Waals surface area (Å²) in [5.41, 5.74) is 0.241. The molecule has 1 N–H and O–H groups in total. The van der Waals surface area contributed by atoms with Gasteiger partial charge in [-0.1, -0.05) is 17.2 Å². The van der Waals surface area contributed by atoms with Gasteiger partial charge in [-0.2, -0.15) is 0 Å². The minimum absolute atomic E-state index is 0.104. The molecule has 0 fully saturated rings. The maximum Gasteiger partial charge on any atom is 0.421 e. The van der Waals surface area contributed by atoms with E-state index in [1.165, 1.54) is 19.2 Å². The largest absolute Gasteiger partial charge is 0.421 e. The molecule has 1 aromatic carbocycles. The summed E-state index contributed by atoms with van der Waals surface area (Å²) in [6.07, 6.45) is 0. The zero-order valence-corrected chi connectivity index (χ0v) is 11.1. The molecule has 0 radical (unpaired) electrons. The Labute approximate surface area is 119 Å². The smallest absolute Gasteiger partial charge is 0.383 e. The van der Waals surface area contributed by atoms with E-state index in [0.29, 0.717) is 0 Å². The van der Waals surface area contributed by atoms with E-state index < -0.39 is 23.7 Å². The van der Waals surface area contributed by atoms with E-state index in [1.807, 2.05) is 0 Å². The number of hydrogen-bond donors (Lipinski definition) is 1. The molecule has 0 bridgehead atoms. The van der Waals surface area contributed by atoms with Gasteiger partial charge in [0.2, 0.25) is 0 Å². The number of benzene rings is 1.